The molecule has 0 spiro atoms. The van der Waals surface area contributed by atoms with Gasteiger partial charge in [-0.2, -0.15) is 0 Å². The van der Waals surface area contributed by atoms with Crippen LogP contribution in [0.3, 0.4) is 0 Å². The zero-order valence-corrected chi connectivity index (χ0v) is 16.8. The van der Waals surface area contributed by atoms with Crippen LogP contribution in [0.2, 0.25) is 0 Å². The summed E-state index contributed by atoms with van der Waals surface area (Å²) in [5, 5.41) is 0. The third-order valence-corrected chi connectivity index (χ3v) is 6.69. The molecule has 1 aliphatic rings. The van der Waals surface area contributed by atoms with Crippen LogP contribution in [-0.2, 0) is 16.9 Å². The fourth-order valence-corrected chi connectivity index (χ4v) is 4.21. The Morgan fingerprint density at radius 3 is 2.41 bits per heavy atom. The van der Waals surface area contributed by atoms with Gasteiger partial charge in [-0.05, 0) is 55.9 Å². The Labute approximate surface area is 164 Å². The van der Waals surface area contributed by atoms with Gasteiger partial charge in [0.1, 0.15) is 16.1 Å². The first-order valence-electron chi connectivity index (χ1n) is 9.38. The third-order valence-electron chi connectivity index (χ3n) is 5.15. The van der Waals surface area contributed by atoms with Crippen LogP contribution in [0.5, 0.6) is 0 Å². The maximum atomic E-state index is 13.8. The molecule has 1 radical (unpaired) electrons. The van der Waals surface area contributed by atoms with Crippen LogP contribution in [0.1, 0.15) is 50.7 Å². The highest BCUT2D eigenvalue weighted by atomic mass is 32.2. The Bertz CT molecular complexity index is 774. The average molecular weight is 388 g/mol. The van der Waals surface area contributed by atoms with Gasteiger partial charge in [0.25, 0.3) is 0 Å². The molecular weight excluding hydrogens is 359 g/mol. The van der Waals surface area contributed by atoms with Gasteiger partial charge < -0.3 is 10.3 Å². The van der Waals surface area contributed by atoms with Crippen LogP contribution < -0.4 is 10.5 Å². The molecule has 3 nitrogen and oxygen atoms in total. The van der Waals surface area contributed by atoms with Crippen LogP contribution in [0.4, 0.5) is 10.1 Å². The largest absolute Gasteiger partial charge is 0.598 e. The van der Waals surface area contributed by atoms with Crippen molar-refractivity contribution in [1.82, 2.24) is 4.72 Å². The molecule has 2 aromatic rings. The van der Waals surface area contributed by atoms with E-state index >= 15 is 0 Å². The molecule has 2 aromatic carbocycles. The lowest BCUT2D eigenvalue weighted by Gasteiger charge is -2.38. The van der Waals surface area contributed by atoms with Crippen LogP contribution in [-0.4, -0.2) is 9.30 Å². The molecule has 145 valence electrons. The predicted octanol–water partition coefficient (Wildman–Crippen LogP) is 4.71. The lowest BCUT2D eigenvalue weighted by molar-refractivity contribution is 0.403. The minimum atomic E-state index is -1.41. The SMILES string of the molecule is [CH2]C(C)(C)[S@@+]([O-])N[C@](CCC1CC1)(c1ccccc1)c1ccc(F)c(N)c1. The summed E-state index contributed by atoms with van der Waals surface area (Å²) in [5.41, 5.74) is 7.09. The molecule has 1 saturated carbocycles. The highest BCUT2D eigenvalue weighted by molar-refractivity contribution is 7.91. The molecule has 0 aliphatic heterocycles. The third kappa shape index (κ3) is 4.65. The second kappa shape index (κ2) is 7.82. The number of rotatable bonds is 8. The molecule has 2 atom stereocenters. The van der Waals surface area contributed by atoms with Crippen molar-refractivity contribution in [3.05, 3.63) is 72.4 Å². The van der Waals surface area contributed by atoms with Crippen molar-refractivity contribution in [1.29, 1.82) is 0 Å². The van der Waals surface area contributed by atoms with E-state index < -0.39 is 27.5 Å². The highest BCUT2D eigenvalue weighted by Crippen LogP contribution is 2.42. The quantitative estimate of drug-likeness (QED) is 0.509. The number of nitrogens with one attached hydrogen (secondary N) is 1. The average Bonchev–Trinajstić information content (AvgIpc) is 3.45. The molecule has 0 aromatic heterocycles. The molecule has 0 saturated heterocycles. The van der Waals surface area contributed by atoms with Crippen LogP contribution in [0.15, 0.2) is 48.5 Å². The van der Waals surface area contributed by atoms with Gasteiger partial charge in [0.05, 0.1) is 5.69 Å². The van der Waals surface area contributed by atoms with E-state index in [0.29, 0.717) is 5.92 Å². The van der Waals surface area contributed by atoms with Crippen molar-refractivity contribution >= 4 is 17.0 Å². The summed E-state index contributed by atoms with van der Waals surface area (Å²) >= 11 is -1.41. The van der Waals surface area contributed by atoms with E-state index in [0.717, 1.165) is 24.0 Å². The van der Waals surface area contributed by atoms with Gasteiger partial charge >= 0.3 is 0 Å². The first-order valence-corrected chi connectivity index (χ1v) is 10.5. The number of nitrogens with two attached hydrogens (primary N) is 1. The minimum absolute atomic E-state index is 0.0979. The van der Waals surface area contributed by atoms with Gasteiger partial charge in [-0.15, -0.1) is 4.72 Å². The Hall–Kier alpha value is -1.56. The molecule has 0 bridgehead atoms. The van der Waals surface area contributed by atoms with E-state index in [4.69, 9.17) is 5.73 Å². The lowest BCUT2D eigenvalue weighted by Crippen LogP contribution is -2.52. The van der Waals surface area contributed by atoms with Crippen molar-refractivity contribution in [2.75, 3.05) is 5.73 Å². The Balaban J connectivity index is 2.11. The van der Waals surface area contributed by atoms with Crippen LogP contribution >= 0.6 is 0 Å². The van der Waals surface area contributed by atoms with Crippen LogP contribution in [0.25, 0.3) is 0 Å². The molecule has 0 heterocycles. The zero-order chi connectivity index (χ0) is 19.7. The van der Waals surface area contributed by atoms with Gasteiger partial charge in [0.15, 0.2) is 0 Å². The molecular formula is C22H28FN2OS. The maximum absolute atomic E-state index is 13.8. The van der Waals surface area contributed by atoms with Gasteiger partial charge in [0, 0.05) is 18.3 Å². The molecule has 0 unspecified atom stereocenters. The number of halogens is 1. The normalized spacial score (nSPS) is 18.1. The Kier molecular flexibility index (Phi) is 5.84. The monoisotopic (exact) mass is 387 g/mol. The number of hydrogen-bond acceptors (Lipinski definition) is 3. The number of anilines is 1. The molecule has 27 heavy (non-hydrogen) atoms. The van der Waals surface area contributed by atoms with Gasteiger partial charge in [0.2, 0.25) is 0 Å². The molecule has 5 heteroatoms. The van der Waals surface area contributed by atoms with Crippen molar-refractivity contribution < 1.29 is 8.94 Å². The highest BCUT2D eigenvalue weighted by Gasteiger charge is 2.43. The number of benzene rings is 2. The summed E-state index contributed by atoms with van der Waals surface area (Å²) in [7, 11) is 0. The van der Waals surface area contributed by atoms with E-state index in [1.54, 1.807) is 12.1 Å². The number of nitrogen functional groups attached to an aromatic ring is 1. The lowest BCUT2D eigenvalue weighted by atomic mass is 9.79. The van der Waals surface area contributed by atoms with Crippen LogP contribution in [0, 0.1) is 18.7 Å². The second-order valence-corrected chi connectivity index (χ2v) is 9.97. The smallest absolute Gasteiger partial charge is 0.146 e. The number of hydrogen-bond donors (Lipinski definition) is 2. The topological polar surface area (TPSA) is 61.1 Å². The first kappa shape index (κ1) is 20.2. The minimum Gasteiger partial charge on any atom is -0.598 e. The molecule has 3 N–H and O–H groups in total. The first-order chi connectivity index (χ1) is 12.7. The fraction of sp³-hybridized carbons (Fsp3) is 0.409. The van der Waals surface area contributed by atoms with Crippen molar-refractivity contribution in [2.24, 2.45) is 5.92 Å². The second-order valence-electron chi connectivity index (χ2n) is 8.12. The van der Waals surface area contributed by atoms with E-state index in [2.05, 4.69) is 11.6 Å². The van der Waals surface area contributed by atoms with E-state index in [-0.39, 0.29) is 5.69 Å². The van der Waals surface area contributed by atoms with Gasteiger partial charge in [-0.25, -0.2) is 4.39 Å². The van der Waals surface area contributed by atoms with Crippen molar-refractivity contribution in [3.8, 4) is 0 Å². The molecule has 1 aliphatic carbocycles. The van der Waals surface area contributed by atoms with Gasteiger partial charge in [-0.1, -0.05) is 49.2 Å². The van der Waals surface area contributed by atoms with E-state index in [9.17, 15) is 8.94 Å². The molecule has 3 rings (SSSR count). The summed E-state index contributed by atoms with van der Waals surface area (Å²) in [6.07, 6.45) is 4.24. The van der Waals surface area contributed by atoms with Crippen molar-refractivity contribution in [3.63, 3.8) is 0 Å². The molecule has 0 amide bonds. The predicted molar refractivity (Wildman–Crippen MR) is 111 cm³/mol. The van der Waals surface area contributed by atoms with Crippen molar-refractivity contribution in [2.45, 2.75) is 49.8 Å². The summed E-state index contributed by atoms with van der Waals surface area (Å²) in [6, 6.07) is 14.7. The molecule has 1 fully saturated rings. The standard InChI is InChI=1S/C22H28FN2OS/c1-21(2,3)27(26)25-22(14-13-16-9-10-16,17-7-5-4-6-8-17)18-11-12-19(23)20(24)15-18/h4-8,11-12,15-16,25H,1,9-10,13-14,24H2,2-3H3/t22-,27-/m1/s1. The Morgan fingerprint density at radius 1 is 1.19 bits per heavy atom. The van der Waals surface area contributed by atoms with Gasteiger partial charge in [-0.3, -0.25) is 0 Å². The summed E-state index contributed by atoms with van der Waals surface area (Å²) in [4.78, 5) is 0. The zero-order valence-electron chi connectivity index (χ0n) is 16.0. The van der Waals surface area contributed by atoms with E-state index in [1.807, 2.05) is 44.2 Å². The summed E-state index contributed by atoms with van der Waals surface area (Å²) in [6.45, 7) is 7.71. The summed E-state index contributed by atoms with van der Waals surface area (Å²) < 4.78 is 29.6. The maximum Gasteiger partial charge on any atom is 0.146 e. The Morgan fingerprint density at radius 2 is 1.85 bits per heavy atom. The summed E-state index contributed by atoms with van der Waals surface area (Å²) in [5.74, 6) is 0.260. The van der Waals surface area contributed by atoms with E-state index in [1.165, 1.54) is 18.9 Å². The fourth-order valence-electron chi connectivity index (χ4n) is 3.28.